The van der Waals surface area contributed by atoms with Crippen molar-refractivity contribution >= 4 is 5.97 Å². The van der Waals surface area contributed by atoms with Gasteiger partial charge in [0.2, 0.25) is 0 Å². The number of rotatable bonds is 8. The molecule has 0 bridgehead atoms. The molecule has 0 unspecified atom stereocenters. The van der Waals surface area contributed by atoms with E-state index in [1.165, 1.54) is 19.3 Å². The van der Waals surface area contributed by atoms with Gasteiger partial charge in [-0.05, 0) is 43.4 Å². The van der Waals surface area contributed by atoms with E-state index in [-0.39, 0.29) is 5.97 Å². The number of ether oxygens (including phenoxy) is 1. The van der Waals surface area contributed by atoms with Gasteiger partial charge in [0.05, 0.1) is 6.61 Å². The van der Waals surface area contributed by atoms with E-state index in [4.69, 9.17) is 4.74 Å². The zero-order chi connectivity index (χ0) is 15.0. The van der Waals surface area contributed by atoms with Crippen LogP contribution in [0.1, 0.15) is 52.9 Å². The third-order valence-corrected chi connectivity index (χ3v) is 4.64. The van der Waals surface area contributed by atoms with Crippen molar-refractivity contribution in [3.8, 4) is 0 Å². The summed E-state index contributed by atoms with van der Waals surface area (Å²) < 4.78 is 4.94. The Kier molecular flexibility index (Phi) is 7.64. The second-order valence-electron chi connectivity index (χ2n) is 5.72. The molecular weight excluding hydrogens is 248 g/mol. The molecule has 1 rings (SSSR count). The molecule has 0 aromatic rings. The monoisotopic (exact) mass is 278 g/mol. The molecule has 1 saturated carbocycles. The number of allylic oxidation sites excluding steroid dienone is 3. The summed E-state index contributed by atoms with van der Waals surface area (Å²) in [4.78, 5) is 11.3. The van der Waals surface area contributed by atoms with E-state index in [0.717, 1.165) is 18.3 Å². The fraction of sp³-hybridized carbons (Fsp3) is 0.722. The summed E-state index contributed by atoms with van der Waals surface area (Å²) in [5.74, 6) is 2.75. The van der Waals surface area contributed by atoms with Crippen LogP contribution in [0.25, 0.3) is 0 Å². The van der Waals surface area contributed by atoms with Gasteiger partial charge in [-0.1, -0.05) is 44.9 Å². The van der Waals surface area contributed by atoms with Gasteiger partial charge in [0.1, 0.15) is 0 Å². The number of hydrogen-bond acceptors (Lipinski definition) is 2. The van der Waals surface area contributed by atoms with Crippen LogP contribution in [0.2, 0.25) is 0 Å². The first-order valence-corrected chi connectivity index (χ1v) is 8.12. The highest BCUT2D eigenvalue weighted by molar-refractivity contribution is 5.69. The Morgan fingerprint density at radius 3 is 2.40 bits per heavy atom. The average Bonchev–Trinajstić information content (AvgIpc) is 2.80. The molecule has 2 heteroatoms. The Hall–Kier alpha value is -1.05. The van der Waals surface area contributed by atoms with Crippen molar-refractivity contribution < 1.29 is 9.53 Å². The molecule has 0 heterocycles. The highest BCUT2D eigenvalue weighted by atomic mass is 16.5. The molecule has 1 aliphatic carbocycles. The van der Waals surface area contributed by atoms with Crippen molar-refractivity contribution in [2.24, 2.45) is 23.7 Å². The first kappa shape index (κ1) is 17.0. The Labute approximate surface area is 124 Å². The predicted molar refractivity (Wildman–Crippen MR) is 84.4 cm³/mol. The smallest absolute Gasteiger partial charge is 0.306 e. The van der Waals surface area contributed by atoms with Crippen LogP contribution in [0.3, 0.4) is 0 Å². The Bertz CT molecular complexity index is 332. The second kappa shape index (κ2) is 8.99. The summed E-state index contributed by atoms with van der Waals surface area (Å²) >= 11 is 0. The van der Waals surface area contributed by atoms with Gasteiger partial charge in [-0.2, -0.15) is 0 Å². The van der Waals surface area contributed by atoms with Crippen molar-refractivity contribution in [1.29, 1.82) is 0 Å². The molecular formula is C18H30O2. The van der Waals surface area contributed by atoms with Gasteiger partial charge in [-0.3, -0.25) is 4.79 Å². The quantitative estimate of drug-likeness (QED) is 0.472. The number of carbonyl (C=O) groups excluding carboxylic acids is 1. The summed E-state index contributed by atoms with van der Waals surface area (Å²) in [7, 11) is 0. The van der Waals surface area contributed by atoms with Crippen LogP contribution >= 0.6 is 0 Å². The molecule has 4 atom stereocenters. The molecule has 0 aliphatic heterocycles. The highest BCUT2D eigenvalue weighted by Crippen LogP contribution is 2.46. The van der Waals surface area contributed by atoms with Gasteiger partial charge in [0.25, 0.3) is 0 Å². The fourth-order valence-corrected chi connectivity index (χ4v) is 3.71. The van der Waals surface area contributed by atoms with Crippen LogP contribution in [0, 0.1) is 23.7 Å². The molecule has 20 heavy (non-hydrogen) atoms. The second-order valence-corrected chi connectivity index (χ2v) is 5.72. The van der Waals surface area contributed by atoms with Crippen LogP contribution in [-0.2, 0) is 9.53 Å². The van der Waals surface area contributed by atoms with Crippen LogP contribution < -0.4 is 0 Å². The average molecular weight is 278 g/mol. The number of esters is 1. The minimum absolute atomic E-state index is 0.0917. The normalized spacial score (nSPS) is 29.8. The van der Waals surface area contributed by atoms with E-state index in [1.54, 1.807) is 0 Å². The molecule has 0 amide bonds. The third-order valence-electron chi connectivity index (χ3n) is 4.64. The summed E-state index contributed by atoms with van der Waals surface area (Å²) in [6.45, 7) is 10.9. The van der Waals surface area contributed by atoms with E-state index in [0.29, 0.717) is 24.9 Å². The lowest BCUT2D eigenvalue weighted by molar-refractivity contribution is -0.143. The molecule has 114 valence electrons. The molecule has 0 radical (unpaired) electrons. The summed E-state index contributed by atoms with van der Waals surface area (Å²) in [5.41, 5.74) is 0. The minimum atomic E-state index is -0.0917. The van der Waals surface area contributed by atoms with E-state index < -0.39 is 0 Å². The molecule has 2 nitrogen and oxygen atoms in total. The highest BCUT2D eigenvalue weighted by Gasteiger charge is 2.38. The zero-order valence-electron chi connectivity index (χ0n) is 13.3. The van der Waals surface area contributed by atoms with E-state index >= 15 is 0 Å². The van der Waals surface area contributed by atoms with E-state index in [9.17, 15) is 4.79 Å². The molecule has 0 N–H and O–H groups in total. The zero-order valence-corrected chi connectivity index (χ0v) is 13.3. The van der Waals surface area contributed by atoms with Gasteiger partial charge in [-0.25, -0.2) is 0 Å². The SMILES string of the molecule is C=C[C@H]1C[C@@H](/C=C\CCC(=O)OCC)[C@@H](CC)[C@H]1CC. The molecule has 1 aliphatic rings. The molecule has 0 aromatic carbocycles. The maximum Gasteiger partial charge on any atom is 0.306 e. The molecule has 0 saturated heterocycles. The number of hydrogen-bond donors (Lipinski definition) is 0. The van der Waals surface area contributed by atoms with Crippen LogP contribution in [0.15, 0.2) is 24.8 Å². The maximum absolute atomic E-state index is 11.3. The third kappa shape index (κ3) is 4.50. The van der Waals surface area contributed by atoms with Crippen molar-refractivity contribution in [3.63, 3.8) is 0 Å². The maximum atomic E-state index is 11.3. The molecule has 1 fully saturated rings. The van der Waals surface area contributed by atoms with Gasteiger partial charge in [-0.15, -0.1) is 6.58 Å². The summed E-state index contributed by atoms with van der Waals surface area (Å²) in [6, 6.07) is 0. The van der Waals surface area contributed by atoms with Crippen molar-refractivity contribution in [3.05, 3.63) is 24.8 Å². The van der Waals surface area contributed by atoms with Crippen LogP contribution in [0.5, 0.6) is 0 Å². The van der Waals surface area contributed by atoms with Crippen molar-refractivity contribution in [1.82, 2.24) is 0 Å². The fourth-order valence-electron chi connectivity index (χ4n) is 3.71. The molecule has 0 aromatic heterocycles. The lowest BCUT2D eigenvalue weighted by Crippen LogP contribution is -2.14. The van der Waals surface area contributed by atoms with E-state index in [2.05, 4.69) is 38.7 Å². The lowest BCUT2D eigenvalue weighted by atomic mass is 9.83. The lowest BCUT2D eigenvalue weighted by Gasteiger charge is -2.22. The number of carbonyl (C=O) groups is 1. The van der Waals surface area contributed by atoms with Gasteiger partial charge < -0.3 is 4.74 Å². The van der Waals surface area contributed by atoms with Gasteiger partial charge in [0, 0.05) is 6.42 Å². The Balaban J connectivity index is 2.49. The standard InChI is InChI=1S/C18H30O2/c1-5-14-13-15(17(7-3)16(14)6-2)11-9-10-12-18(19)20-8-4/h5,9,11,14-17H,1,6-8,10,12-13H2,2-4H3/b11-9-/t14-,15+,16-,17+/m0/s1. The Morgan fingerprint density at radius 1 is 1.20 bits per heavy atom. The first-order chi connectivity index (χ1) is 9.67. The van der Waals surface area contributed by atoms with Gasteiger partial charge >= 0.3 is 5.97 Å². The first-order valence-electron chi connectivity index (χ1n) is 8.12. The van der Waals surface area contributed by atoms with E-state index in [1.807, 2.05) is 6.92 Å². The van der Waals surface area contributed by atoms with Crippen LogP contribution in [-0.4, -0.2) is 12.6 Å². The molecule has 0 spiro atoms. The summed E-state index contributed by atoms with van der Waals surface area (Å²) in [6.07, 6.45) is 11.6. The Morgan fingerprint density at radius 2 is 1.85 bits per heavy atom. The minimum Gasteiger partial charge on any atom is -0.466 e. The van der Waals surface area contributed by atoms with Crippen LogP contribution in [0.4, 0.5) is 0 Å². The largest absolute Gasteiger partial charge is 0.466 e. The van der Waals surface area contributed by atoms with Gasteiger partial charge in [0.15, 0.2) is 0 Å². The van der Waals surface area contributed by atoms with Crippen molar-refractivity contribution in [2.45, 2.75) is 52.9 Å². The summed E-state index contributed by atoms with van der Waals surface area (Å²) in [5, 5.41) is 0. The predicted octanol–water partition coefficient (Wildman–Crippen LogP) is 4.76. The topological polar surface area (TPSA) is 26.3 Å². The van der Waals surface area contributed by atoms with Crippen molar-refractivity contribution in [2.75, 3.05) is 6.61 Å².